The van der Waals surface area contributed by atoms with Crippen molar-refractivity contribution >= 4 is 38.3 Å². The van der Waals surface area contributed by atoms with Crippen molar-refractivity contribution in [1.82, 2.24) is 4.98 Å². The van der Waals surface area contributed by atoms with Gasteiger partial charge in [-0.3, -0.25) is 9.78 Å². The molecule has 0 fully saturated rings. The molecule has 0 aliphatic heterocycles. The minimum absolute atomic E-state index is 0. The van der Waals surface area contributed by atoms with E-state index < -0.39 is 0 Å². The van der Waals surface area contributed by atoms with E-state index in [1.165, 1.54) is 47.2 Å². The molecule has 0 saturated carbocycles. The number of nitrogens with zero attached hydrogens (tertiary/aromatic N) is 1. The van der Waals surface area contributed by atoms with Gasteiger partial charge in [0.1, 0.15) is 0 Å². The van der Waals surface area contributed by atoms with Crippen LogP contribution in [0.15, 0.2) is 71.0 Å². The average molecular weight is 699 g/mol. The Balaban J connectivity index is 0.000000468. The van der Waals surface area contributed by atoms with Crippen LogP contribution in [0.25, 0.3) is 43.8 Å². The van der Waals surface area contributed by atoms with Crippen molar-refractivity contribution in [3.63, 3.8) is 0 Å². The number of pyridine rings is 1. The van der Waals surface area contributed by atoms with Crippen LogP contribution in [-0.2, 0) is 30.3 Å². The van der Waals surface area contributed by atoms with Gasteiger partial charge in [-0.05, 0) is 65.3 Å². The van der Waals surface area contributed by atoms with Crippen LogP contribution in [-0.4, -0.2) is 15.9 Å². The fourth-order valence-corrected chi connectivity index (χ4v) is 4.77. The second-order valence-corrected chi connectivity index (χ2v) is 11.3. The molecule has 0 amide bonds. The minimum atomic E-state index is -0.125. The van der Waals surface area contributed by atoms with Gasteiger partial charge in [-0.1, -0.05) is 87.5 Å². The van der Waals surface area contributed by atoms with E-state index >= 15 is 0 Å². The Morgan fingerprint density at radius 1 is 1.00 bits per heavy atom. The van der Waals surface area contributed by atoms with Gasteiger partial charge in [-0.15, -0.1) is 12.1 Å². The van der Waals surface area contributed by atoms with E-state index in [9.17, 15) is 4.79 Å². The summed E-state index contributed by atoms with van der Waals surface area (Å²) >= 11 is 0. The number of hydrogen-bond acceptors (Lipinski definition) is 4. The Kier molecular flexibility index (Phi) is 9.20. The molecule has 0 aliphatic rings. The van der Waals surface area contributed by atoms with Gasteiger partial charge >= 0.3 is 0 Å². The molecule has 0 unspecified atom stereocenters. The number of allylic oxidation sites excluding steroid dienone is 2. The molecule has 2 heterocycles. The predicted octanol–water partition coefficient (Wildman–Crippen LogP) is 9.37. The first kappa shape index (κ1) is 30.3. The van der Waals surface area contributed by atoms with Crippen LogP contribution in [0.1, 0.15) is 71.3 Å². The van der Waals surface area contributed by atoms with Gasteiger partial charge in [0.05, 0.1) is 17.1 Å². The summed E-state index contributed by atoms with van der Waals surface area (Å²) in [7, 11) is 0. The molecule has 205 valence electrons. The Bertz CT molecular complexity index is 1680. The number of benzene rings is 3. The van der Waals surface area contributed by atoms with Crippen LogP contribution in [0.4, 0.5) is 0 Å². The molecule has 5 aromatic rings. The molecule has 4 nitrogen and oxygen atoms in total. The van der Waals surface area contributed by atoms with Crippen LogP contribution in [0.2, 0.25) is 0 Å². The summed E-state index contributed by atoms with van der Waals surface area (Å²) < 4.78 is 6.04. The van der Waals surface area contributed by atoms with Gasteiger partial charge in [0, 0.05) is 38.1 Å². The fraction of sp³-hybridized carbons (Fsp3) is 0.294. The van der Waals surface area contributed by atoms with Crippen molar-refractivity contribution in [2.75, 3.05) is 0 Å². The molecule has 1 N–H and O–H groups in total. The van der Waals surface area contributed by atoms with E-state index in [1.54, 1.807) is 0 Å². The van der Waals surface area contributed by atoms with E-state index in [0.717, 1.165) is 33.4 Å². The molecule has 3 aromatic carbocycles. The first-order chi connectivity index (χ1) is 17.8. The summed E-state index contributed by atoms with van der Waals surface area (Å²) in [6.07, 6.45) is 3.09. The van der Waals surface area contributed by atoms with Crippen LogP contribution >= 0.6 is 0 Å². The summed E-state index contributed by atoms with van der Waals surface area (Å²) in [6, 6.07) is 21.2. The van der Waals surface area contributed by atoms with Crippen LogP contribution < -0.4 is 0 Å². The molecular weight excluding hydrogens is 663 g/mol. The number of hydrogen-bond donors (Lipinski definition) is 1. The Hall–Kier alpha value is -3.27. The Morgan fingerprint density at radius 2 is 1.69 bits per heavy atom. The number of aryl methyl sites for hydroxylation is 1. The molecule has 5 rings (SSSR count). The SMILES string of the molecule is CC(=O)/C=C(/C)O.Cc1cc2[c-]c(-c3nccc4c3ccc3cc(C(C)C)ccc34)cc(C(C)(C)C)c2o1.[Ir]. The van der Waals surface area contributed by atoms with Gasteiger partial charge in [-0.25, -0.2) is 0 Å². The van der Waals surface area contributed by atoms with Gasteiger partial charge in [0.15, 0.2) is 5.78 Å². The number of carbonyl (C=O) groups excluding carboxylic acids is 1. The number of aromatic nitrogens is 1. The van der Waals surface area contributed by atoms with Crippen LogP contribution in [0.3, 0.4) is 0 Å². The monoisotopic (exact) mass is 699 g/mol. The zero-order valence-electron chi connectivity index (χ0n) is 23.9. The number of ketones is 1. The summed E-state index contributed by atoms with van der Waals surface area (Å²) in [4.78, 5) is 14.8. The summed E-state index contributed by atoms with van der Waals surface area (Å²) in [5.41, 5.74) is 5.42. The average Bonchev–Trinajstić information content (AvgIpc) is 3.21. The molecule has 0 bridgehead atoms. The van der Waals surface area contributed by atoms with E-state index in [2.05, 4.69) is 89.2 Å². The third-order valence-electron chi connectivity index (χ3n) is 6.59. The number of furan rings is 1. The first-order valence-electron chi connectivity index (χ1n) is 13.0. The van der Waals surface area contributed by atoms with Gasteiger partial charge in [0.2, 0.25) is 0 Å². The largest absolute Gasteiger partial charge is 0.512 e. The fourth-order valence-electron chi connectivity index (χ4n) is 4.77. The van der Waals surface area contributed by atoms with Gasteiger partial charge in [-0.2, -0.15) is 0 Å². The molecule has 5 heteroatoms. The number of carbonyl (C=O) groups is 1. The third-order valence-corrected chi connectivity index (χ3v) is 6.59. The van der Waals surface area contributed by atoms with Crippen molar-refractivity contribution in [3.05, 3.63) is 89.5 Å². The molecule has 0 aliphatic carbocycles. The number of aliphatic hydroxyl groups is 1. The number of rotatable bonds is 3. The molecular formula is C34H36IrNO3-. The zero-order chi connectivity index (χ0) is 27.8. The number of aliphatic hydroxyl groups excluding tert-OH is 1. The minimum Gasteiger partial charge on any atom is -0.512 e. The third kappa shape index (κ3) is 6.66. The van der Waals surface area contributed by atoms with Crippen molar-refractivity contribution < 1.29 is 34.4 Å². The second-order valence-electron chi connectivity index (χ2n) is 11.3. The standard InChI is InChI=1S/C29H28NO.C5H8O2.Ir/c1-17(2)19-7-9-23-20(14-19)8-10-25-24(23)11-12-30-27(25)21-15-22-13-18(3)31-28(22)26(16-21)29(4,5)6;1-4(6)3-5(2)7;/h7-14,16-17H,1-6H3;3,6H,1-2H3;/q-1;;/b;4-3-;. The van der Waals surface area contributed by atoms with E-state index in [-0.39, 0.29) is 37.1 Å². The van der Waals surface area contributed by atoms with Gasteiger partial charge in [0.25, 0.3) is 0 Å². The molecule has 0 spiro atoms. The molecule has 0 atom stereocenters. The van der Waals surface area contributed by atoms with Crippen LogP contribution in [0.5, 0.6) is 0 Å². The predicted molar refractivity (Wildman–Crippen MR) is 158 cm³/mol. The molecule has 2 aromatic heterocycles. The van der Waals surface area contributed by atoms with Gasteiger partial charge < -0.3 is 9.52 Å². The second kappa shape index (κ2) is 11.9. The van der Waals surface area contributed by atoms with Crippen molar-refractivity contribution in [3.8, 4) is 11.3 Å². The summed E-state index contributed by atoms with van der Waals surface area (Å²) in [5.74, 6) is 1.36. The Morgan fingerprint density at radius 3 is 2.28 bits per heavy atom. The number of fused-ring (bicyclic) bond motifs is 4. The maximum Gasteiger partial charge on any atom is 0.155 e. The molecule has 0 saturated heterocycles. The first-order valence-corrected chi connectivity index (χ1v) is 13.0. The topological polar surface area (TPSA) is 63.3 Å². The maximum absolute atomic E-state index is 10.0. The Labute approximate surface area is 244 Å². The van der Waals surface area contributed by atoms with E-state index in [0.29, 0.717) is 5.92 Å². The van der Waals surface area contributed by atoms with Crippen molar-refractivity contribution in [2.24, 2.45) is 0 Å². The maximum atomic E-state index is 10.0. The van der Waals surface area contributed by atoms with Crippen LogP contribution in [0, 0.1) is 13.0 Å². The normalized spacial score (nSPS) is 12.0. The quantitative estimate of drug-likeness (QED) is 0.0883. The zero-order valence-corrected chi connectivity index (χ0v) is 26.3. The molecule has 39 heavy (non-hydrogen) atoms. The smallest absolute Gasteiger partial charge is 0.155 e. The van der Waals surface area contributed by atoms with E-state index in [4.69, 9.17) is 14.5 Å². The molecule has 1 radical (unpaired) electrons. The van der Waals surface area contributed by atoms with Crippen molar-refractivity contribution in [2.45, 2.75) is 66.7 Å². The summed E-state index contributed by atoms with van der Waals surface area (Å²) in [5, 5.41) is 14.3. The van der Waals surface area contributed by atoms with Crippen molar-refractivity contribution in [1.29, 1.82) is 0 Å². The van der Waals surface area contributed by atoms with E-state index in [1.807, 2.05) is 13.1 Å². The summed E-state index contributed by atoms with van der Waals surface area (Å²) in [6.45, 7) is 16.0.